The number of nitrogens with one attached hydrogen (secondary N) is 1. The maximum absolute atomic E-state index is 3.64. The van der Waals surface area contributed by atoms with Crippen LogP contribution in [0.2, 0.25) is 0 Å². The molecule has 1 aromatic rings. The van der Waals surface area contributed by atoms with Gasteiger partial charge in [-0.2, -0.15) is 0 Å². The molecule has 17 heavy (non-hydrogen) atoms. The van der Waals surface area contributed by atoms with E-state index in [0.717, 1.165) is 12.5 Å². The highest BCUT2D eigenvalue weighted by Crippen LogP contribution is 2.35. The molecule has 1 saturated carbocycles. The molecule has 0 aromatic heterocycles. The zero-order valence-electron chi connectivity index (χ0n) is 11.4. The second kappa shape index (κ2) is 5.68. The van der Waals surface area contributed by atoms with Crippen LogP contribution in [0.15, 0.2) is 18.2 Å². The Labute approximate surface area is 106 Å². The van der Waals surface area contributed by atoms with E-state index >= 15 is 0 Å². The number of aryl methyl sites for hydroxylation is 2. The molecule has 2 rings (SSSR count). The van der Waals surface area contributed by atoms with Gasteiger partial charge in [-0.15, -0.1) is 0 Å². The van der Waals surface area contributed by atoms with E-state index in [-0.39, 0.29) is 0 Å². The molecule has 1 N–H and O–H groups in total. The van der Waals surface area contributed by atoms with Gasteiger partial charge in [0, 0.05) is 6.04 Å². The van der Waals surface area contributed by atoms with Crippen molar-refractivity contribution in [3.05, 3.63) is 34.9 Å². The SMILES string of the molecule is CCNC(CC1CCC1)c1ccc(C)c(C)c1. The average molecular weight is 231 g/mol. The van der Waals surface area contributed by atoms with E-state index < -0.39 is 0 Å². The van der Waals surface area contributed by atoms with Crippen molar-refractivity contribution in [2.75, 3.05) is 6.54 Å². The molecule has 0 radical (unpaired) electrons. The van der Waals surface area contributed by atoms with E-state index in [2.05, 4.69) is 44.3 Å². The van der Waals surface area contributed by atoms with Crippen LogP contribution >= 0.6 is 0 Å². The highest BCUT2D eigenvalue weighted by atomic mass is 14.9. The van der Waals surface area contributed by atoms with Gasteiger partial charge in [-0.1, -0.05) is 44.4 Å². The number of hydrogen-bond donors (Lipinski definition) is 1. The monoisotopic (exact) mass is 231 g/mol. The van der Waals surface area contributed by atoms with Gasteiger partial charge in [0.25, 0.3) is 0 Å². The normalized spacial score (nSPS) is 17.8. The smallest absolute Gasteiger partial charge is 0.0322 e. The Bertz CT molecular complexity index is 366. The summed E-state index contributed by atoms with van der Waals surface area (Å²) in [5, 5.41) is 3.64. The Morgan fingerprint density at radius 2 is 2.00 bits per heavy atom. The summed E-state index contributed by atoms with van der Waals surface area (Å²) in [6, 6.07) is 7.48. The van der Waals surface area contributed by atoms with Crippen LogP contribution in [0.5, 0.6) is 0 Å². The average Bonchev–Trinajstić information content (AvgIpc) is 2.25. The highest BCUT2D eigenvalue weighted by Gasteiger charge is 2.22. The fourth-order valence-electron chi connectivity index (χ4n) is 2.63. The van der Waals surface area contributed by atoms with Crippen molar-refractivity contribution in [1.29, 1.82) is 0 Å². The Morgan fingerprint density at radius 3 is 2.53 bits per heavy atom. The molecular weight excluding hydrogens is 206 g/mol. The van der Waals surface area contributed by atoms with E-state index in [9.17, 15) is 0 Å². The van der Waals surface area contributed by atoms with Crippen LogP contribution in [0.25, 0.3) is 0 Å². The molecule has 0 heterocycles. The third-order valence-corrected chi connectivity index (χ3v) is 4.18. The predicted molar refractivity (Wildman–Crippen MR) is 74.3 cm³/mol. The fourth-order valence-corrected chi connectivity index (χ4v) is 2.63. The number of benzene rings is 1. The Hall–Kier alpha value is -0.820. The Morgan fingerprint density at radius 1 is 1.24 bits per heavy atom. The maximum atomic E-state index is 3.64. The van der Waals surface area contributed by atoms with Crippen molar-refractivity contribution in [2.24, 2.45) is 5.92 Å². The van der Waals surface area contributed by atoms with Gasteiger partial charge in [0.05, 0.1) is 0 Å². The summed E-state index contributed by atoms with van der Waals surface area (Å²) in [5.74, 6) is 0.959. The topological polar surface area (TPSA) is 12.0 Å². The lowest BCUT2D eigenvalue weighted by Gasteiger charge is -2.30. The molecule has 1 unspecified atom stereocenters. The molecule has 0 amide bonds. The predicted octanol–water partition coefficient (Wildman–Crippen LogP) is 4.14. The summed E-state index contributed by atoms with van der Waals surface area (Å²) >= 11 is 0. The minimum absolute atomic E-state index is 0.560. The Kier molecular flexibility index (Phi) is 4.22. The van der Waals surface area contributed by atoms with Crippen LogP contribution in [0.3, 0.4) is 0 Å². The van der Waals surface area contributed by atoms with Crippen LogP contribution in [0.1, 0.15) is 55.3 Å². The Balaban J connectivity index is 2.09. The molecule has 1 aliphatic carbocycles. The van der Waals surface area contributed by atoms with E-state index in [0.29, 0.717) is 6.04 Å². The van der Waals surface area contributed by atoms with Gasteiger partial charge < -0.3 is 5.32 Å². The van der Waals surface area contributed by atoms with Crippen LogP contribution in [0, 0.1) is 19.8 Å². The molecule has 1 nitrogen and oxygen atoms in total. The van der Waals surface area contributed by atoms with Crippen molar-refractivity contribution in [3.8, 4) is 0 Å². The number of hydrogen-bond acceptors (Lipinski definition) is 1. The lowest BCUT2D eigenvalue weighted by Crippen LogP contribution is -2.26. The van der Waals surface area contributed by atoms with E-state index in [4.69, 9.17) is 0 Å². The minimum Gasteiger partial charge on any atom is -0.310 e. The lowest BCUT2D eigenvalue weighted by molar-refractivity contribution is 0.262. The molecule has 0 bridgehead atoms. The molecule has 0 saturated heterocycles. The van der Waals surface area contributed by atoms with Crippen LogP contribution in [-0.2, 0) is 0 Å². The standard InChI is InChI=1S/C16H25N/c1-4-17-16(11-14-6-5-7-14)15-9-8-12(2)13(3)10-15/h8-10,14,16-17H,4-7,11H2,1-3H3. The first-order valence-corrected chi connectivity index (χ1v) is 7.01. The summed E-state index contributed by atoms with van der Waals surface area (Å²) in [7, 11) is 0. The van der Waals surface area contributed by atoms with Crippen molar-refractivity contribution in [2.45, 2.75) is 52.5 Å². The summed E-state index contributed by atoms with van der Waals surface area (Å²) in [6.07, 6.45) is 5.63. The maximum Gasteiger partial charge on any atom is 0.0322 e. The van der Waals surface area contributed by atoms with Crippen LogP contribution < -0.4 is 5.32 Å². The van der Waals surface area contributed by atoms with Crippen molar-refractivity contribution in [3.63, 3.8) is 0 Å². The van der Waals surface area contributed by atoms with E-state index in [1.165, 1.54) is 42.4 Å². The van der Waals surface area contributed by atoms with Crippen molar-refractivity contribution >= 4 is 0 Å². The molecular formula is C16H25N. The van der Waals surface area contributed by atoms with Gasteiger partial charge in [0.2, 0.25) is 0 Å². The summed E-state index contributed by atoms with van der Waals surface area (Å²) in [5.41, 5.74) is 4.29. The lowest BCUT2D eigenvalue weighted by atomic mass is 9.79. The molecule has 1 aromatic carbocycles. The zero-order valence-corrected chi connectivity index (χ0v) is 11.4. The molecule has 1 atom stereocenters. The first kappa shape index (κ1) is 12.6. The third-order valence-electron chi connectivity index (χ3n) is 4.18. The van der Waals surface area contributed by atoms with Crippen LogP contribution in [-0.4, -0.2) is 6.54 Å². The van der Waals surface area contributed by atoms with Gasteiger partial charge in [-0.05, 0) is 49.4 Å². The molecule has 1 heteroatoms. The fraction of sp³-hybridized carbons (Fsp3) is 0.625. The van der Waals surface area contributed by atoms with Crippen LogP contribution in [0.4, 0.5) is 0 Å². The second-order valence-corrected chi connectivity index (χ2v) is 5.49. The second-order valence-electron chi connectivity index (χ2n) is 5.49. The molecule has 1 aliphatic rings. The summed E-state index contributed by atoms with van der Waals surface area (Å²) in [4.78, 5) is 0. The minimum atomic E-state index is 0.560. The van der Waals surface area contributed by atoms with Gasteiger partial charge in [0.1, 0.15) is 0 Å². The highest BCUT2D eigenvalue weighted by molar-refractivity contribution is 5.31. The molecule has 94 valence electrons. The third kappa shape index (κ3) is 3.10. The molecule has 0 aliphatic heterocycles. The van der Waals surface area contributed by atoms with Crippen molar-refractivity contribution in [1.82, 2.24) is 5.32 Å². The molecule has 1 fully saturated rings. The van der Waals surface area contributed by atoms with E-state index in [1.807, 2.05) is 0 Å². The first-order chi connectivity index (χ1) is 8.20. The molecule has 0 spiro atoms. The summed E-state index contributed by atoms with van der Waals surface area (Å²) < 4.78 is 0. The largest absolute Gasteiger partial charge is 0.310 e. The van der Waals surface area contributed by atoms with Gasteiger partial charge >= 0.3 is 0 Å². The first-order valence-electron chi connectivity index (χ1n) is 7.01. The summed E-state index contributed by atoms with van der Waals surface area (Å²) in [6.45, 7) is 7.66. The van der Waals surface area contributed by atoms with Gasteiger partial charge in [-0.25, -0.2) is 0 Å². The van der Waals surface area contributed by atoms with Crippen molar-refractivity contribution < 1.29 is 0 Å². The zero-order chi connectivity index (χ0) is 12.3. The number of rotatable bonds is 5. The van der Waals surface area contributed by atoms with Gasteiger partial charge in [0.15, 0.2) is 0 Å². The van der Waals surface area contributed by atoms with Gasteiger partial charge in [-0.3, -0.25) is 0 Å². The van der Waals surface area contributed by atoms with E-state index in [1.54, 1.807) is 0 Å². The quantitative estimate of drug-likeness (QED) is 0.803.